The van der Waals surface area contributed by atoms with Crippen LogP contribution in [0.1, 0.15) is 36.5 Å². The first-order valence-corrected chi connectivity index (χ1v) is 9.61. The predicted octanol–water partition coefficient (Wildman–Crippen LogP) is 4.65. The first-order chi connectivity index (χ1) is 14.3. The molecular weight excluding hydrogens is 397 g/mol. The number of benzene rings is 2. The molecule has 0 saturated carbocycles. The lowest BCUT2D eigenvalue weighted by Gasteiger charge is -2.25. The van der Waals surface area contributed by atoms with Gasteiger partial charge in [0, 0.05) is 19.4 Å². The van der Waals surface area contributed by atoms with Crippen LogP contribution in [0.25, 0.3) is 0 Å². The molecule has 0 N–H and O–H groups in total. The summed E-state index contributed by atoms with van der Waals surface area (Å²) in [5.41, 5.74) is 1.34. The van der Waals surface area contributed by atoms with Gasteiger partial charge in [0.25, 0.3) is 0 Å². The van der Waals surface area contributed by atoms with E-state index in [1.165, 1.54) is 11.0 Å². The Kier molecular flexibility index (Phi) is 6.64. The number of rotatable bonds is 7. The number of halogens is 3. The van der Waals surface area contributed by atoms with Gasteiger partial charge in [-0.3, -0.25) is 4.79 Å². The summed E-state index contributed by atoms with van der Waals surface area (Å²) in [5, 5.41) is 4.12. The number of amides is 1. The van der Waals surface area contributed by atoms with Gasteiger partial charge in [-0.25, -0.2) is 0 Å². The van der Waals surface area contributed by atoms with Crippen LogP contribution in [0, 0.1) is 0 Å². The average molecular weight is 420 g/mol. The highest BCUT2D eigenvalue weighted by Gasteiger charge is 2.31. The van der Waals surface area contributed by atoms with Gasteiger partial charge in [-0.15, -0.1) is 0 Å². The van der Waals surface area contributed by atoms with Gasteiger partial charge in [-0.2, -0.15) is 13.2 Å². The van der Waals surface area contributed by atoms with E-state index in [0.717, 1.165) is 29.2 Å². The summed E-state index contributed by atoms with van der Waals surface area (Å²) in [6.45, 7) is 2.04. The highest BCUT2D eigenvalue weighted by Crippen LogP contribution is 2.30. The molecule has 0 bridgehead atoms. The topological polar surface area (TPSA) is 51.1 Å². The molecule has 0 spiro atoms. The molecule has 0 aliphatic carbocycles. The number of carbonyl (C=O) groups is 1. The minimum atomic E-state index is -4.43. The van der Waals surface area contributed by atoms with Gasteiger partial charge < -0.3 is 14.5 Å². The van der Waals surface area contributed by atoms with E-state index in [2.05, 4.69) is 5.16 Å². The average Bonchev–Trinajstić information content (AvgIpc) is 3.21. The Labute approximate surface area is 173 Å². The second-order valence-corrected chi connectivity index (χ2v) is 7.02. The highest BCUT2D eigenvalue weighted by molar-refractivity contribution is 6.01. The molecule has 2 aromatic rings. The number of hydrogen-bond acceptors (Lipinski definition) is 4. The summed E-state index contributed by atoms with van der Waals surface area (Å²) in [4.78, 5) is 19.4. The second kappa shape index (κ2) is 9.19. The first kappa shape index (κ1) is 21.7. The highest BCUT2D eigenvalue weighted by atomic mass is 19.4. The number of hydrogen-bond donors (Lipinski definition) is 0. The number of ether oxygens (including phenoxy) is 1. The molecule has 0 saturated heterocycles. The second-order valence-electron chi connectivity index (χ2n) is 7.02. The molecule has 0 fully saturated rings. The van der Waals surface area contributed by atoms with Gasteiger partial charge in [0.05, 0.1) is 24.9 Å². The fourth-order valence-electron chi connectivity index (χ4n) is 3.27. The minimum absolute atomic E-state index is 0.0777. The van der Waals surface area contributed by atoms with Crippen LogP contribution in [0.3, 0.4) is 0 Å². The molecule has 30 heavy (non-hydrogen) atoms. The third kappa shape index (κ3) is 5.31. The van der Waals surface area contributed by atoms with E-state index < -0.39 is 11.7 Å². The van der Waals surface area contributed by atoms with Gasteiger partial charge >= 0.3 is 6.18 Å². The molecule has 8 heteroatoms. The van der Waals surface area contributed by atoms with Gasteiger partial charge in [-0.05, 0) is 47.5 Å². The van der Waals surface area contributed by atoms with Gasteiger partial charge in [-0.1, -0.05) is 24.2 Å². The lowest BCUT2D eigenvalue weighted by Crippen LogP contribution is -2.37. The smallest absolute Gasteiger partial charge is 0.416 e. The van der Waals surface area contributed by atoms with Crippen molar-refractivity contribution in [1.29, 1.82) is 0 Å². The molecule has 1 amide bonds. The van der Waals surface area contributed by atoms with E-state index in [9.17, 15) is 18.0 Å². The molecule has 2 aromatic carbocycles. The maximum Gasteiger partial charge on any atom is 0.416 e. The molecule has 160 valence electrons. The summed E-state index contributed by atoms with van der Waals surface area (Å²) in [7, 11) is 1.59. The van der Waals surface area contributed by atoms with Crippen molar-refractivity contribution in [2.75, 3.05) is 13.7 Å². The van der Waals surface area contributed by atoms with E-state index in [4.69, 9.17) is 9.57 Å². The summed E-state index contributed by atoms with van der Waals surface area (Å²) in [5.74, 6) is 0.574. The molecule has 0 aromatic heterocycles. The molecule has 0 unspecified atom stereocenters. The number of alkyl halides is 3. The third-order valence-electron chi connectivity index (χ3n) is 4.86. The zero-order valence-corrected chi connectivity index (χ0v) is 16.8. The summed E-state index contributed by atoms with van der Waals surface area (Å²) < 4.78 is 44.1. The van der Waals surface area contributed by atoms with Crippen molar-refractivity contribution in [1.82, 2.24) is 4.90 Å². The van der Waals surface area contributed by atoms with Crippen molar-refractivity contribution >= 4 is 11.6 Å². The lowest BCUT2D eigenvalue weighted by molar-refractivity contribution is -0.137. The van der Waals surface area contributed by atoms with E-state index in [-0.39, 0.29) is 31.5 Å². The van der Waals surface area contributed by atoms with E-state index >= 15 is 0 Å². The Hall–Kier alpha value is -3.03. The fourth-order valence-corrected chi connectivity index (χ4v) is 3.27. The third-order valence-corrected chi connectivity index (χ3v) is 4.86. The molecule has 1 aliphatic heterocycles. The van der Waals surface area contributed by atoms with Crippen LogP contribution in [-0.4, -0.2) is 36.3 Å². The van der Waals surface area contributed by atoms with Crippen LogP contribution in [0.4, 0.5) is 13.2 Å². The number of carbonyl (C=O) groups excluding carboxylic acids is 1. The zero-order valence-electron chi connectivity index (χ0n) is 16.8. The van der Waals surface area contributed by atoms with Crippen LogP contribution in [0.15, 0.2) is 53.7 Å². The van der Waals surface area contributed by atoms with Crippen LogP contribution < -0.4 is 4.74 Å². The number of oxime groups is 1. The Balaban J connectivity index is 1.67. The first-order valence-electron chi connectivity index (χ1n) is 9.61. The largest absolute Gasteiger partial charge is 0.497 e. The van der Waals surface area contributed by atoms with Crippen LogP contribution in [0.2, 0.25) is 0 Å². The van der Waals surface area contributed by atoms with Crippen LogP contribution >= 0.6 is 0 Å². The van der Waals surface area contributed by atoms with Crippen molar-refractivity contribution < 1.29 is 27.5 Å². The van der Waals surface area contributed by atoms with E-state index in [0.29, 0.717) is 12.0 Å². The fraction of sp³-hybridized carbons (Fsp3) is 0.364. The standard InChI is InChI=1S/C22H23F3N2O3/c1-3-21(28)27(13-15-5-4-6-17(11-15)22(23,24)25)14-19-12-20(26-30-19)16-7-9-18(29-2)10-8-16/h4-11,19H,3,12-14H2,1-2H3/t19-/m1/s1. The molecule has 3 rings (SSSR count). The van der Waals surface area contributed by atoms with Crippen LogP contribution in [-0.2, 0) is 22.4 Å². The number of methoxy groups -OCH3 is 1. The van der Waals surface area contributed by atoms with Gasteiger partial charge in [0.15, 0.2) is 6.10 Å². The Morgan fingerprint density at radius 3 is 2.60 bits per heavy atom. The van der Waals surface area contributed by atoms with Crippen molar-refractivity contribution in [2.45, 2.75) is 38.6 Å². The maximum atomic E-state index is 13.0. The SMILES string of the molecule is CCC(=O)N(Cc1cccc(C(F)(F)F)c1)C[C@H]1CC(c2ccc(OC)cc2)=NO1. The quantitative estimate of drug-likeness (QED) is 0.656. The number of nitrogens with zero attached hydrogens (tertiary/aromatic N) is 2. The van der Waals surface area contributed by atoms with Gasteiger partial charge in [0.1, 0.15) is 5.75 Å². The summed E-state index contributed by atoms with van der Waals surface area (Å²) in [6, 6.07) is 12.4. The molecular formula is C22H23F3N2O3. The molecule has 1 heterocycles. The molecule has 1 atom stereocenters. The molecule has 5 nitrogen and oxygen atoms in total. The Morgan fingerprint density at radius 1 is 1.23 bits per heavy atom. The maximum absolute atomic E-state index is 13.0. The molecule has 1 aliphatic rings. The van der Waals surface area contributed by atoms with Crippen molar-refractivity contribution in [3.05, 3.63) is 65.2 Å². The van der Waals surface area contributed by atoms with Crippen molar-refractivity contribution in [3.8, 4) is 5.75 Å². The Morgan fingerprint density at radius 2 is 1.97 bits per heavy atom. The Bertz CT molecular complexity index is 911. The van der Waals surface area contributed by atoms with Crippen LogP contribution in [0.5, 0.6) is 5.75 Å². The minimum Gasteiger partial charge on any atom is -0.497 e. The van der Waals surface area contributed by atoms with Gasteiger partial charge in [0.2, 0.25) is 5.91 Å². The predicted molar refractivity (Wildman–Crippen MR) is 106 cm³/mol. The van der Waals surface area contributed by atoms with Crippen molar-refractivity contribution in [2.24, 2.45) is 5.16 Å². The molecule has 0 radical (unpaired) electrons. The zero-order chi connectivity index (χ0) is 21.7. The van der Waals surface area contributed by atoms with Crippen molar-refractivity contribution in [3.63, 3.8) is 0 Å². The van der Waals surface area contributed by atoms with E-state index in [1.807, 2.05) is 24.3 Å². The normalized spacial score (nSPS) is 16.0. The van der Waals surface area contributed by atoms with E-state index in [1.54, 1.807) is 20.1 Å². The summed E-state index contributed by atoms with van der Waals surface area (Å²) >= 11 is 0. The lowest BCUT2D eigenvalue weighted by atomic mass is 10.0. The summed E-state index contributed by atoms with van der Waals surface area (Å²) in [6.07, 6.45) is -4.03. The monoisotopic (exact) mass is 420 g/mol.